The highest BCUT2D eigenvalue weighted by atomic mass is 35.5. The molecule has 0 amide bonds. The van der Waals surface area contributed by atoms with Crippen LogP contribution in [-0.2, 0) is 6.61 Å². The molecule has 0 fully saturated rings. The Morgan fingerprint density at radius 2 is 1.56 bits per heavy atom. The molecule has 0 aromatic heterocycles. The van der Waals surface area contributed by atoms with E-state index in [1.54, 1.807) is 0 Å². The molecule has 0 aliphatic heterocycles. The first-order valence-electron chi connectivity index (χ1n) is 7.54. The molecule has 0 radical (unpaired) electrons. The largest absolute Gasteiger partial charge is 0.486 e. The third kappa shape index (κ3) is 4.13. The Labute approximate surface area is 155 Å². The predicted octanol–water partition coefficient (Wildman–Crippen LogP) is 5.94. The molecular formula is C20H14Cl2O3. The van der Waals surface area contributed by atoms with Gasteiger partial charge in [0.2, 0.25) is 0 Å². The van der Waals surface area contributed by atoms with Crippen LogP contribution in [-0.4, -0.2) is 11.1 Å². The summed E-state index contributed by atoms with van der Waals surface area (Å²) in [5.74, 6) is -1.02. The molecule has 3 rings (SSSR count). The number of ether oxygens (including phenoxy) is 1. The first-order valence-corrected chi connectivity index (χ1v) is 8.29. The second-order valence-corrected chi connectivity index (χ2v) is 6.26. The minimum atomic E-state index is -1.14. The highest BCUT2D eigenvalue weighted by Crippen LogP contribution is 2.33. The van der Waals surface area contributed by atoms with Crippen LogP contribution in [0.1, 0.15) is 15.9 Å². The summed E-state index contributed by atoms with van der Waals surface area (Å²) in [5.41, 5.74) is 3.07. The molecule has 0 aliphatic rings. The Kier molecular flexibility index (Phi) is 5.27. The van der Waals surface area contributed by atoms with E-state index in [1.807, 2.05) is 54.6 Å². The second-order valence-electron chi connectivity index (χ2n) is 5.42. The van der Waals surface area contributed by atoms with Crippen molar-refractivity contribution in [3.8, 4) is 16.9 Å². The lowest BCUT2D eigenvalue weighted by Gasteiger charge is -2.12. The van der Waals surface area contributed by atoms with Gasteiger partial charge in [0.1, 0.15) is 12.2 Å². The molecule has 0 saturated heterocycles. The molecule has 126 valence electrons. The molecule has 3 aromatic rings. The Morgan fingerprint density at radius 3 is 2.20 bits per heavy atom. The summed E-state index contributed by atoms with van der Waals surface area (Å²) in [6, 6.07) is 20.7. The molecule has 0 heterocycles. The summed E-state index contributed by atoms with van der Waals surface area (Å²) >= 11 is 11.9. The van der Waals surface area contributed by atoms with Crippen LogP contribution in [0.15, 0.2) is 66.7 Å². The van der Waals surface area contributed by atoms with Gasteiger partial charge in [-0.25, -0.2) is 4.79 Å². The summed E-state index contributed by atoms with van der Waals surface area (Å²) in [6.07, 6.45) is 0. The molecule has 3 aromatic carbocycles. The minimum Gasteiger partial charge on any atom is -0.486 e. The molecule has 0 atom stereocenters. The molecule has 5 heteroatoms. The van der Waals surface area contributed by atoms with E-state index in [2.05, 4.69) is 0 Å². The highest BCUT2D eigenvalue weighted by molar-refractivity contribution is 6.36. The van der Waals surface area contributed by atoms with Crippen LogP contribution >= 0.6 is 23.2 Å². The van der Waals surface area contributed by atoms with Gasteiger partial charge in [-0.05, 0) is 28.8 Å². The van der Waals surface area contributed by atoms with Crippen LogP contribution in [0.25, 0.3) is 11.1 Å². The van der Waals surface area contributed by atoms with E-state index >= 15 is 0 Å². The van der Waals surface area contributed by atoms with E-state index < -0.39 is 5.97 Å². The zero-order valence-corrected chi connectivity index (χ0v) is 14.6. The Bertz CT molecular complexity index is 891. The lowest BCUT2D eigenvalue weighted by molar-refractivity contribution is 0.0691. The standard InChI is InChI=1S/C20H14Cl2O3/c21-16-10-17(20(23)24)19(18(22)11-16)25-12-13-6-8-15(9-7-13)14-4-2-1-3-5-14/h1-11H,12H2,(H,23,24). The summed E-state index contributed by atoms with van der Waals surface area (Å²) < 4.78 is 5.64. The molecule has 0 spiro atoms. The summed E-state index contributed by atoms with van der Waals surface area (Å²) in [5, 5.41) is 9.70. The third-order valence-corrected chi connectivity index (χ3v) is 4.18. The third-order valence-electron chi connectivity index (χ3n) is 3.68. The number of carboxylic acids is 1. The van der Waals surface area contributed by atoms with Crippen molar-refractivity contribution in [2.24, 2.45) is 0 Å². The first-order chi connectivity index (χ1) is 12.0. The first kappa shape index (κ1) is 17.3. The Balaban J connectivity index is 1.77. The van der Waals surface area contributed by atoms with E-state index in [0.717, 1.165) is 16.7 Å². The fourth-order valence-corrected chi connectivity index (χ4v) is 2.99. The number of aromatic carboxylic acids is 1. The van der Waals surface area contributed by atoms with Crippen LogP contribution in [0.5, 0.6) is 5.75 Å². The molecule has 0 bridgehead atoms. The molecule has 0 unspecified atom stereocenters. The summed E-state index contributed by atoms with van der Waals surface area (Å²) in [7, 11) is 0. The fraction of sp³-hybridized carbons (Fsp3) is 0.0500. The molecule has 0 saturated carbocycles. The maximum absolute atomic E-state index is 11.3. The summed E-state index contributed by atoms with van der Waals surface area (Å²) in [6.45, 7) is 0.205. The quantitative estimate of drug-likeness (QED) is 0.602. The predicted molar refractivity (Wildman–Crippen MR) is 99.6 cm³/mol. The van der Waals surface area contributed by atoms with Crippen molar-refractivity contribution >= 4 is 29.2 Å². The van der Waals surface area contributed by atoms with E-state index in [-0.39, 0.29) is 28.0 Å². The zero-order chi connectivity index (χ0) is 17.8. The van der Waals surface area contributed by atoms with Crippen molar-refractivity contribution < 1.29 is 14.6 Å². The number of hydrogen-bond donors (Lipinski definition) is 1. The summed E-state index contributed by atoms with van der Waals surface area (Å²) in [4.78, 5) is 11.3. The monoisotopic (exact) mass is 372 g/mol. The van der Waals surface area contributed by atoms with Crippen LogP contribution in [0.4, 0.5) is 0 Å². The van der Waals surface area contributed by atoms with E-state index in [9.17, 15) is 9.90 Å². The van der Waals surface area contributed by atoms with Gasteiger partial charge in [-0.3, -0.25) is 0 Å². The van der Waals surface area contributed by atoms with Gasteiger partial charge in [0, 0.05) is 5.02 Å². The van der Waals surface area contributed by atoms with Crippen molar-refractivity contribution in [1.29, 1.82) is 0 Å². The molecule has 1 N–H and O–H groups in total. The van der Waals surface area contributed by atoms with Crippen molar-refractivity contribution in [1.82, 2.24) is 0 Å². The molecule has 25 heavy (non-hydrogen) atoms. The maximum atomic E-state index is 11.3. The van der Waals surface area contributed by atoms with Crippen LogP contribution in [0.3, 0.4) is 0 Å². The van der Waals surface area contributed by atoms with Gasteiger partial charge in [0.05, 0.1) is 5.02 Å². The van der Waals surface area contributed by atoms with Gasteiger partial charge in [0.15, 0.2) is 5.75 Å². The molecule has 3 nitrogen and oxygen atoms in total. The van der Waals surface area contributed by atoms with Crippen LogP contribution < -0.4 is 4.74 Å². The molecular weight excluding hydrogens is 359 g/mol. The van der Waals surface area contributed by atoms with Gasteiger partial charge >= 0.3 is 5.97 Å². The van der Waals surface area contributed by atoms with E-state index in [0.29, 0.717) is 0 Å². The average Bonchev–Trinajstić information content (AvgIpc) is 2.61. The second kappa shape index (κ2) is 7.60. The van der Waals surface area contributed by atoms with Crippen molar-refractivity contribution in [3.05, 3.63) is 87.9 Å². The van der Waals surface area contributed by atoms with Gasteiger partial charge in [-0.15, -0.1) is 0 Å². The smallest absolute Gasteiger partial charge is 0.339 e. The Morgan fingerprint density at radius 1 is 0.920 bits per heavy atom. The number of benzene rings is 3. The normalized spacial score (nSPS) is 10.5. The average molecular weight is 373 g/mol. The number of carbonyl (C=O) groups is 1. The number of carboxylic acid groups (broad SMARTS) is 1. The van der Waals surface area contributed by atoms with Crippen molar-refractivity contribution in [3.63, 3.8) is 0 Å². The van der Waals surface area contributed by atoms with Crippen molar-refractivity contribution in [2.75, 3.05) is 0 Å². The topological polar surface area (TPSA) is 46.5 Å². The van der Waals surface area contributed by atoms with E-state index in [4.69, 9.17) is 27.9 Å². The number of rotatable bonds is 5. The highest BCUT2D eigenvalue weighted by Gasteiger charge is 2.16. The minimum absolute atomic E-state index is 0.0570. The van der Waals surface area contributed by atoms with Crippen LogP contribution in [0.2, 0.25) is 10.0 Å². The SMILES string of the molecule is O=C(O)c1cc(Cl)cc(Cl)c1OCc1ccc(-c2ccccc2)cc1. The fourth-order valence-electron chi connectivity index (χ4n) is 2.45. The maximum Gasteiger partial charge on any atom is 0.339 e. The van der Waals surface area contributed by atoms with Gasteiger partial charge in [-0.2, -0.15) is 0 Å². The lowest BCUT2D eigenvalue weighted by atomic mass is 10.0. The number of hydrogen-bond acceptors (Lipinski definition) is 2. The number of halogens is 2. The van der Waals surface area contributed by atoms with Crippen molar-refractivity contribution in [2.45, 2.75) is 6.61 Å². The van der Waals surface area contributed by atoms with Gasteiger partial charge in [-0.1, -0.05) is 77.8 Å². The van der Waals surface area contributed by atoms with Gasteiger partial charge in [0.25, 0.3) is 0 Å². The Hall–Kier alpha value is -2.49. The zero-order valence-electron chi connectivity index (χ0n) is 13.1. The van der Waals surface area contributed by atoms with E-state index in [1.165, 1.54) is 12.1 Å². The molecule has 0 aliphatic carbocycles. The lowest BCUT2D eigenvalue weighted by Crippen LogP contribution is -2.04. The van der Waals surface area contributed by atoms with Crippen LogP contribution in [0, 0.1) is 0 Å². The van der Waals surface area contributed by atoms with Gasteiger partial charge < -0.3 is 9.84 Å².